The summed E-state index contributed by atoms with van der Waals surface area (Å²) in [5, 5.41) is 0. The lowest BCUT2D eigenvalue weighted by atomic mass is 10.0. The van der Waals surface area contributed by atoms with Crippen LogP contribution in [0.5, 0.6) is 0 Å². The van der Waals surface area contributed by atoms with Gasteiger partial charge in [0.25, 0.3) is 10.1 Å². The Labute approximate surface area is 194 Å². The van der Waals surface area contributed by atoms with Crippen molar-refractivity contribution in [1.29, 1.82) is 0 Å². The average molecular weight is 467 g/mol. The number of aromatic nitrogens is 4. The predicted octanol–water partition coefficient (Wildman–Crippen LogP) is 5.32. The molecule has 166 valence electrons. The van der Waals surface area contributed by atoms with Crippen LogP contribution in [0.1, 0.15) is 28.3 Å². The average Bonchev–Trinajstić information content (AvgIpc) is 3.58. The lowest BCUT2D eigenvalue weighted by Gasteiger charge is -2.03. The molecule has 8 bridgehead atoms. The van der Waals surface area contributed by atoms with E-state index in [4.69, 9.17) is 4.98 Å². The first-order valence-corrected chi connectivity index (χ1v) is 12.0. The van der Waals surface area contributed by atoms with Crippen LogP contribution in [0.4, 0.5) is 0 Å². The minimum atomic E-state index is -4.26. The second kappa shape index (κ2) is 7.65. The predicted molar refractivity (Wildman–Crippen MR) is 133 cm³/mol. The summed E-state index contributed by atoms with van der Waals surface area (Å²) in [4.78, 5) is 16.1. The van der Waals surface area contributed by atoms with Gasteiger partial charge in [0.1, 0.15) is 0 Å². The SMILES string of the molecule is O=S(=O)(O)c1ccc(C2=Cc3cc4ccc(cc5nc(cc6ccc(cc2n3)[nH]6)C=C5)[nH]4)cc1. The minimum absolute atomic E-state index is 0.151. The van der Waals surface area contributed by atoms with Crippen LogP contribution in [-0.4, -0.2) is 32.9 Å². The van der Waals surface area contributed by atoms with Crippen molar-refractivity contribution in [2.24, 2.45) is 0 Å². The number of aromatic amines is 2. The van der Waals surface area contributed by atoms with Gasteiger partial charge in [0.2, 0.25) is 0 Å². The summed E-state index contributed by atoms with van der Waals surface area (Å²) >= 11 is 0. The first-order valence-electron chi connectivity index (χ1n) is 10.6. The number of rotatable bonds is 2. The van der Waals surface area contributed by atoms with Crippen LogP contribution in [-0.2, 0) is 10.1 Å². The Morgan fingerprint density at radius 1 is 0.647 bits per heavy atom. The molecule has 0 radical (unpaired) electrons. The third kappa shape index (κ3) is 3.96. The second-order valence-corrected chi connectivity index (χ2v) is 9.51. The van der Waals surface area contributed by atoms with Crippen LogP contribution in [0.3, 0.4) is 0 Å². The van der Waals surface area contributed by atoms with E-state index >= 15 is 0 Å². The van der Waals surface area contributed by atoms with Gasteiger partial charge in [-0.05, 0) is 84.5 Å². The largest absolute Gasteiger partial charge is 0.355 e. The summed E-state index contributed by atoms with van der Waals surface area (Å²) in [6, 6.07) is 21.9. The number of fused-ring (bicyclic) bond motifs is 8. The Morgan fingerprint density at radius 2 is 1.18 bits per heavy atom. The molecule has 3 N–H and O–H groups in total. The maximum Gasteiger partial charge on any atom is 0.294 e. The zero-order valence-corrected chi connectivity index (χ0v) is 18.5. The van der Waals surface area contributed by atoms with Crippen molar-refractivity contribution in [3.8, 4) is 0 Å². The lowest BCUT2D eigenvalue weighted by molar-refractivity contribution is 0.483. The molecule has 5 heterocycles. The van der Waals surface area contributed by atoms with Crippen molar-refractivity contribution in [3.05, 3.63) is 101 Å². The van der Waals surface area contributed by atoms with Gasteiger partial charge < -0.3 is 9.97 Å². The van der Waals surface area contributed by atoms with Crippen LogP contribution >= 0.6 is 0 Å². The summed E-state index contributed by atoms with van der Waals surface area (Å²) in [6.07, 6.45) is 5.91. The quantitative estimate of drug-likeness (QED) is 0.299. The van der Waals surface area contributed by atoms with E-state index in [2.05, 4.69) is 15.0 Å². The molecule has 2 aliphatic heterocycles. The monoisotopic (exact) mass is 466 g/mol. The fourth-order valence-electron chi connectivity index (χ4n) is 4.05. The van der Waals surface area contributed by atoms with E-state index in [0.717, 1.165) is 56.0 Å². The van der Waals surface area contributed by atoms with Gasteiger partial charge in [-0.15, -0.1) is 0 Å². The third-order valence-electron chi connectivity index (χ3n) is 5.63. The molecular weight excluding hydrogens is 448 g/mol. The van der Waals surface area contributed by atoms with Crippen molar-refractivity contribution in [2.45, 2.75) is 4.90 Å². The lowest BCUT2D eigenvalue weighted by Crippen LogP contribution is -1.97. The van der Waals surface area contributed by atoms with Crippen LogP contribution in [0.25, 0.3) is 45.9 Å². The fraction of sp³-hybridized carbons (Fsp3) is 0. The topological polar surface area (TPSA) is 112 Å². The highest BCUT2D eigenvalue weighted by molar-refractivity contribution is 7.85. The standard InChI is InChI=1S/C26H18N4O3S/c31-34(32,33)24-9-1-16(2-10-24)25-14-23-13-21-6-5-19(28-21)11-17-3-4-18(27-17)12-20-7-8-22(29-20)15-26(25)30-23/h1-15,28-29H,(H,31,32,33). The Balaban J connectivity index is 1.58. The zero-order chi connectivity index (χ0) is 23.3. The highest BCUT2D eigenvalue weighted by Gasteiger charge is 2.15. The summed E-state index contributed by atoms with van der Waals surface area (Å²) in [6.45, 7) is 0. The number of hydrogen-bond donors (Lipinski definition) is 3. The normalized spacial score (nSPS) is 13.1. The van der Waals surface area contributed by atoms with Gasteiger partial charge in [0, 0.05) is 27.6 Å². The number of H-pyrrole nitrogens is 2. The fourth-order valence-corrected chi connectivity index (χ4v) is 4.53. The first kappa shape index (κ1) is 20.3. The van der Waals surface area contributed by atoms with Gasteiger partial charge in [-0.25, -0.2) is 9.97 Å². The highest BCUT2D eigenvalue weighted by Crippen LogP contribution is 2.29. The number of hydrogen-bond acceptors (Lipinski definition) is 4. The molecule has 3 aromatic heterocycles. The van der Waals surface area contributed by atoms with Gasteiger partial charge in [-0.3, -0.25) is 4.55 Å². The first-order chi connectivity index (χ1) is 16.4. The van der Waals surface area contributed by atoms with E-state index in [1.807, 2.05) is 66.8 Å². The molecule has 4 aromatic rings. The molecule has 7 nitrogen and oxygen atoms in total. The number of nitrogens with zero attached hydrogens (tertiary/aromatic N) is 2. The molecule has 34 heavy (non-hydrogen) atoms. The van der Waals surface area contributed by atoms with Crippen LogP contribution < -0.4 is 0 Å². The van der Waals surface area contributed by atoms with Gasteiger partial charge in [-0.2, -0.15) is 8.42 Å². The van der Waals surface area contributed by atoms with Crippen molar-refractivity contribution in [3.63, 3.8) is 0 Å². The van der Waals surface area contributed by atoms with Gasteiger partial charge >= 0.3 is 0 Å². The molecule has 0 aliphatic carbocycles. The van der Waals surface area contributed by atoms with Crippen molar-refractivity contribution >= 4 is 56.0 Å². The smallest absolute Gasteiger partial charge is 0.294 e. The summed E-state index contributed by atoms with van der Waals surface area (Å²) in [5.41, 5.74) is 8.48. The maximum atomic E-state index is 11.4. The molecule has 0 spiro atoms. The molecular formula is C26H18N4O3S. The van der Waals surface area contributed by atoms with E-state index in [-0.39, 0.29) is 4.90 Å². The molecule has 0 saturated heterocycles. The van der Waals surface area contributed by atoms with Crippen LogP contribution in [0.15, 0.2) is 77.7 Å². The number of benzene rings is 1. The van der Waals surface area contributed by atoms with E-state index in [1.165, 1.54) is 12.1 Å². The van der Waals surface area contributed by atoms with E-state index < -0.39 is 10.1 Å². The highest BCUT2D eigenvalue weighted by atomic mass is 32.2. The number of nitrogens with one attached hydrogen (secondary N) is 2. The van der Waals surface area contributed by atoms with E-state index in [1.54, 1.807) is 12.1 Å². The van der Waals surface area contributed by atoms with E-state index in [0.29, 0.717) is 0 Å². The summed E-state index contributed by atoms with van der Waals surface area (Å²) in [5.74, 6) is 0. The van der Waals surface area contributed by atoms with Crippen molar-refractivity contribution in [1.82, 2.24) is 19.9 Å². The molecule has 2 aliphatic rings. The molecule has 1 aromatic carbocycles. The third-order valence-corrected chi connectivity index (χ3v) is 6.50. The molecule has 0 fully saturated rings. The molecule has 0 saturated carbocycles. The summed E-state index contributed by atoms with van der Waals surface area (Å²) < 4.78 is 32.2. The Morgan fingerprint density at radius 3 is 1.74 bits per heavy atom. The Bertz CT molecular complexity index is 1780. The second-order valence-electron chi connectivity index (χ2n) is 8.09. The molecule has 8 heteroatoms. The van der Waals surface area contributed by atoms with Crippen molar-refractivity contribution < 1.29 is 13.0 Å². The van der Waals surface area contributed by atoms with Crippen LogP contribution in [0, 0.1) is 0 Å². The van der Waals surface area contributed by atoms with Gasteiger partial charge in [-0.1, -0.05) is 12.1 Å². The van der Waals surface area contributed by atoms with E-state index in [9.17, 15) is 13.0 Å². The Kier molecular flexibility index (Phi) is 4.58. The Hall–Kier alpha value is -4.27. The molecule has 0 amide bonds. The van der Waals surface area contributed by atoms with Crippen molar-refractivity contribution in [2.75, 3.05) is 0 Å². The van der Waals surface area contributed by atoms with Crippen LogP contribution in [0.2, 0.25) is 0 Å². The van der Waals surface area contributed by atoms with Gasteiger partial charge in [0.15, 0.2) is 0 Å². The zero-order valence-electron chi connectivity index (χ0n) is 17.7. The minimum Gasteiger partial charge on any atom is -0.355 e. The summed E-state index contributed by atoms with van der Waals surface area (Å²) in [7, 11) is -4.26. The maximum absolute atomic E-state index is 11.4. The molecule has 6 rings (SSSR count). The molecule has 0 atom stereocenters. The molecule has 0 unspecified atom stereocenters. The van der Waals surface area contributed by atoms with Gasteiger partial charge in [0.05, 0.1) is 27.7 Å².